The number of aromatic nitrogens is 3. The van der Waals surface area contributed by atoms with E-state index in [0.717, 1.165) is 16.7 Å². The van der Waals surface area contributed by atoms with Gasteiger partial charge in [0.1, 0.15) is 18.5 Å². The average Bonchev–Trinajstić information content (AvgIpc) is 3.38. The van der Waals surface area contributed by atoms with Crippen molar-refractivity contribution >= 4 is 7.60 Å². The monoisotopic (exact) mass is 485 g/mol. The third kappa shape index (κ3) is 5.28. The Kier molecular flexibility index (Phi) is 7.94. The van der Waals surface area contributed by atoms with Gasteiger partial charge in [0.25, 0.3) is 0 Å². The Balaban J connectivity index is 1.77. The molecule has 7 heteroatoms. The van der Waals surface area contributed by atoms with Gasteiger partial charge in [-0.05, 0) is 29.5 Å². The summed E-state index contributed by atoms with van der Waals surface area (Å²) in [6, 6.07) is 30.7. The topological polar surface area (TPSA) is 66.2 Å². The van der Waals surface area contributed by atoms with Gasteiger partial charge < -0.3 is 4.52 Å². The van der Waals surface area contributed by atoms with Crippen molar-refractivity contribution in [3.63, 3.8) is 0 Å². The van der Waals surface area contributed by atoms with Gasteiger partial charge in [-0.15, -0.1) is 5.10 Å². The van der Waals surface area contributed by atoms with Gasteiger partial charge in [0.2, 0.25) is 5.82 Å². The Morgan fingerprint density at radius 1 is 0.829 bits per heavy atom. The summed E-state index contributed by atoms with van der Waals surface area (Å²) in [6.45, 7) is 3.85. The molecule has 0 aliphatic heterocycles. The number of benzene rings is 3. The van der Waals surface area contributed by atoms with E-state index in [1.54, 1.807) is 20.2 Å². The highest BCUT2D eigenvalue weighted by Gasteiger charge is 2.39. The highest BCUT2D eigenvalue weighted by Crippen LogP contribution is 2.47. The van der Waals surface area contributed by atoms with Crippen molar-refractivity contribution in [1.82, 2.24) is 14.8 Å². The van der Waals surface area contributed by atoms with E-state index in [1.807, 2.05) is 59.3 Å². The Bertz CT molecular complexity index is 1230. The first kappa shape index (κ1) is 24.6. The molecule has 1 heterocycles. The molecule has 0 bridgehead atoms. The van der Waals surface area contributed by atoms with E-state index in [9.17, 15) is 4.57 Å². The Morgan fingerprint density at radius 2 is 1.34 bits per heavy atom. The number of hydrogen-bond acceptors (Lipinski definition) is 5. The largest absolute Gasteiger partial charge is 0.331 e. The lowest BCUT2D eigenvalue weighted by Crippen LogP contribution is -2.38. The fourth-order valence-electron chi connectivity index (χ4n) is 4.08. The van der Waals surface area contributed by atoms with Gasteiger partial charge >= 0.3 is 7.60 Å². The maximum atomic E-state index is 12.5. The van der Waals surface area contributed by atoms with Gasteiger partial charge in [-0.2, -0.15) is 0 Å². The molecule has 0 spiro atoms. The zero-order valence-electron chi connectivity index (χ0n) is 19.9. The van der Waals surface area contributed by atoms with Crippen LogP contribution < -0.4 is 0 Å². The molecule has 4 aromatic rings. The lowest BCUT2D eigenvalue weighted by Gasteiger charge is -2.35. The standard InChI is InChI=1S/C28H28N3O3P/c1-3-33-35(32,4-2)34-22-14-21-27-29-23-31(30-27)28(24-15-8-5-9-16-24,25-17-10-6-11-18-25)26-19-12-7-13-20-26/h5-13,15-20,23H,3-4,22H2,1-2H3. The smallest absolute Gasteiger partial charge is 0.309 e. The first-order valence-electron chi connectivity index (χ1n) is 11.6. The number of hydrogen-bond donors (Lipinski definition) is 0. The highest BCUT2D eigenvalue weighted by molar-refractivity contribution is 7.53. The summed E-state index contributed by atoms with van der Waals surface area (Å²) in [7, 11) is -3.11. The van der Waals surface area contributed by atoms with Crippen molar-refractivity contribution in [2.75, 3.05) is 19.4 Å². The molecule has 0 aliphatic rings. The summed E-state index contributed by atoms with van der Waals surface area (Å²) in [4.78, 5) is 4.47. The van der Waals surface area contributed by atoms with Crippen LogP contribution in [0.1, 0.15) is 36.4 Å². The molecule has 0 fully saturated rings. The van der Waals surface area contributed by atoms with Crippen molar-refractivity contribution < 1.29 is 13.6 Å². The third-order valence-electron chi connectivity index (χ3n) is 5.66. The van der Waals surface area contributed by atoms with Crippen LogP contribution in [0.3, 0.4) is 0 Å². The lowest BCUT2D eigenvalue weighted by molar-refractivity contribution is 0.231. The van der Waals surface area contributed by atoms with Gasteiger partial charge in [-0.3, -0.25) is 9.09 Å². The molecule has 1 aromatic heterocycles. The van der Waals surface area contributed by atoms with Crippen LogP contribution >= 0.6 is 7.60 Å². The lowest BCUT2D eigenvalue weighted by atomic mass is 9.77. The summed E-state index contributed by atoms with van der Waals surface area (Å²) in [5, 5.41) is 4.78. The molecule has 0 saturated heterocycles. The van der Waals surface area contributed by atoms with Crippen LogP contribution in [0.5, 0.6) is 0 Å². The minimum absolute atomic E-state index is 0.0269. The van der Waals surface area contributed by atoms with Crippen LogP contribution in [0.15, 0.2) is 97.3 Å². The first-order valence-corrected chi connectivity index (χ1v) is 13.3. The van der Waals surface area contributed by atoms with Crippen molar-refractivity contribution in [3.8, 4) is 11.8 Å². The van der Waals surface area contributed by atoms with Crippen LogP contribution in [0, 0.1) is 11.8 Å². The molecule has 6 nitrogen and oxygen atoms in total. The van der Waals surface area contributed by atoms with Crippen LogP contribution in [0.25, 0.3) is 0 Å². The fourth-order valence-corrected chi connectivity index (χ4v) is 5.17. The molecule has 1 unspecified atom stereocenters. The first-order chi connectivity index (χ1) is 17.1. The fraction of sp³-hybridized carbons (Fsp3) is 0.214. The van der Waals surface area contributed by atoms with Gasteiger partial charge in [-0.1, -0.05) is 104 Å². The summed E-state index contributed by atoms with van der Waals surface area (Å²) >= 11 is 0. The third-order valence-corrected chi connectivity index (χ3v) is 7.61. The van der Waals surface area contributed by atoms with E-state index >= 15 is 0 Å². The van der Waals surface area contributed by atoms with Crippen LogP contribution in [-0.2, 0) is 19.2 Å². The minimum Gasteiger partial charge on any atom is -0.309 e. The predicted octanol–water partition coefficient (Wildman–Crippen LogP) is 5.74. The van der Waals surface area contributed by atoms with E-state index in [0.29, 0.717) is 18.6 Å². The minimum atomic E-state index is -3.11. The Labute approximate surface area is 206 Å². The highest BCUT2D eigenvalue weighted by atomic mass is 31.2. The zero-order valence-corrected chi connectivity index (χ0v) is 20.8. The summed E-state index contributed by atoms with van der Waals surface area (Å²) in [5.41, 5.74) is 2.39. The van der Waals surface area contributed by atoms with Gasteiger partial charge in [0.15, 0.2) is 0 Å². The molecular formula is C28H28N3O3P. The van der Waals surface area contributed by atoms with Crippen LogP contribution in [0.4, 0.5) is 0 Å². The second-order valence-electron chi connectivity index (χ2n) is 7.74. The van der Waals surface area contributed by atoms with Crippen LogP contribution in [-0.4, -0.2) is 34.1 Å². The van der Waals surface area contributed by atoms with Crippen molar-refractivity contribution in [1.29, 1.82) is 0 Å². The molecule has 3 aromatic carbocycles. The van der Waals surface area contributed by atoms with E-state index in [-0.39, 0.29) is 6.61 Å². The van der Waals surface area contributed by atoms with Crippen molar-refractivity contribution in [2.45, 2.75) is 19.4 Å². The Morgan fingerprint density at radius 3 is 1.80 bits per heavy atom. The SMILES string of the molecule is CCOP(=O)(CC)OCC#Cc1ncn(C(c2ccccc2)(c2ccccc2)c2ccccc2)n1. The summed E-state index contributed by atoms with van der Waals surface area (Å²) < 4.78 is 25.0. The Hall–Kier alpha value is -3.49. The summed E-state index contributed by atoms with van der Waals surface area (Å²) in [5.74, 6) is 6.16. The number of nitrogens with zero attached hydrogens (tertiary/aromatic N) is 3. The van der Waals surface area contributed by atoms with Gasteiger partial charge in [0.05, 0.1) is 6.61 Å². The maximum Gasteiger partial charge on any atom is 0.331 e. The van der Waals surface area contributed by atoms with E-state index in [4.69, 9.17) is 14.1 Å². The number of rotatable bonds is 9. The van der Waals surface area contributed by atoms with E-state index in [2.05, 4.69) is 53.2 Å². The molecule has 1 atom stereocenters. The molecule has 35 heavy (non-hydrogen) atoms. The van der Waals surface area contributed by atoms with Crippen molar-refractivity contribution in [2.24, 2.45) is 0 Å². The summed E-state index contributed by atoms with van der Waals surface area (Å²) in [6.07, 6.45) is 2.00. The van der Waals surface area contributed by atoms with Gasteiger partial charge in [-0.25, -0.2) is 9.67 Å². The molecule has 0 amide bonds. The second kappa shape index (κ2) is 11.3. The molecule has 0 saturated carbocycles. The van der Waals surface area contributed by atoms with Crippen molar-refractivity contribution in [3.05, 3.63) is 120 Å². The molecule has 178 valence electrons. The molecule has 0 N–H and O–H groups in total. The normalized spacial score (nSPS) is 13.0. The second-order valence-corrected chi connectivity index (χ2v) is 10.1. The zero-order chi connectivity index (χ0) is 24.6. The average molecular weight is 486 g/mol. The van der Waals surface area contributed by atoms with Gasteiger partial charge in [0, 0.05) is 6.16 Å². The molecule has 0 aliphatic carbocycles. The van der Waals surface area contributed by atoms with E-state index < -0.39 is 13.1 Å². The predicted molar refractivity (Wildman–Crippen MR) is 137 cm³/mol. The molecule has 4 rings (SSSR count). The molecule has 0 radical (unpaired) electrons. The van der Waals surface area contributed by atoms with Crippen LogP contribution in [0.2, 0.25) is 0 Å². The van der Waals surface area contributed by atoms with E-state index in [1.165, 1.54) is 0 Å². The maximum absolute atomic E-state index is 12.5. The molecular weight excluding hydrogens is 457 g/mol. The quantitative estimate of drug-likeness (QED) is 0.172.